The minimum atomic E-state index is 0.0320. The fraction of sp³-hybridized carbons (Fsp3) is 0.533. The van der Waals surface area contributed by atoms with Crippen molar-refractivity contribution in [3.8, 4) is 0 Å². The van der Waals surface area contributed by atoms with Gasteiger partial charge in [0.2, 0.25) is 5.91 Å². The van der Waals surface area contributed by atoms with E-state index in [1.807, 2.05) is 24.4 Å². The number of amides is 1. The molecule has 0 bridgehead atoms. The third kappa shape index (κ3) is 3.52. The van der Waals surface area contributed by atoms with Gasteiger partial charge in [0, 0.05) is 17.3 Å². The fourth-order valence-electron chi connectivity index (χ4n) is 2.37. The van der Waals surface area contributed by atoms with Gasteiger partial charge in [0.1, 0.15) is 5.82 Å². The lowest BCUT2D eigenvalue weighted by Gasteiger charge is -2.12. The molecule has 0 aliphatic heterocycles. The van der Waals surface area contributed by atoms with Crippen LogP contribution in [0.2, 0.25) is 0 Å². The number of hydrogen-bond donors (Lipinski definition) is 1. The maximum absolute atomic E-state index is 12.1. The van der Waals surface area contributed by atoms with Gasteiger partial charge in [-0.15, -0.1) is 21.5 Å². The Balaban J connectivity index is 1.55. The van der Waals surface area contributed by atoms with Crippen molar-refractivity contribution in [3.63, 3.8) is 0 Å². The van der Waals surface area contributed by atoms with Crippen LogP contribution in [0, 0.1) is 0 Å². The lowest BCUT2D eigenvalue weighted by molar-refractivity contribution is -0.119. The first-order chi connectivity index (χ1) is 10.7. The van der Waals surface area contributed by atoms with E-state index in [9.17, 15) is 4.79 Å². The summed E-state index contributed by atoms with van der Waals surface area (Å²) in [5, 5.41) is 14.4. The molecule has 1 N–H and O–H groups in total. The summed E-state index contributed by atoms with van der Waals surface area (Å²) in [4.78, 5) is 13.3. The third-order valence-corrected chi connectivity index (χ3v) is 5.71. The molecule has 7 heteroatoms. The van der Waals surface area contributed by atoms with Crippen LogP contribution in [0.25, 0.3) is 0 Å². The Kier molecular flexibility index (Phi) is 4.83. The summed E-state index contributed by atoms with van der Waals surface area (Å²) in [5.74, 6) is 2.06. The lowest BCUT2D eigenvalue weighted by Crippen LogP contribution is -2.27. The van der Waals surface area contributed by atoms with Crippen LogP contribution in [-0.4, -0.2) is 26.4 Å². The summed E-state index contributed by atoms with van der Waals surface area (Å²) in [6, 6.07) is 4.10. The van der Waals surface area contributed by atoms with E-state index < -0.39 is 0 Å². The van der Waals surface area contributed by atoms with Crippen LogP contribution in [0.4, 0.5) is 0 Å². The Morgan fingerprint density at radius 2 is 2.36 bits per heavy atom. The zero-order chi connectivity index (χ0) is 15.5. The SMILES string of the molecule is CCn1c(SCC(=O)N[C@H](C)c2cccs2)nnc1C1CC1. The standard InChI is InChI=1S/C15H20N4OS2/c1-3-19-14(11-6-7-11)17-18-15(19)22-9-13(20)16-10(2)12-5-4-8-21-12/h4-5,8,10-11H,3,6-7,9H2,1-2H3,(H,16,20)/t10-/m1/s1. The van der Waals surface area contributed by atoms with Gasteiger partial charge in [0.15, 0.2) is 5.16 Å². The maximum atomic E-state index is 12.1. The van der Waals surface area contributed by atoms with E-state index in [0.717, 1.165) is 17.5 Å². The number of thiophene rings is 1. The molecule has 2 aromatic heterocycles. The Morgan fingerprint density at radius 3 is 3.00 bits per heavy atom. The van der Waals surface area contributed by atoms with Gasteiger partial charge in [-0.3, -0.25) is 4.79 Å². The molecule has 0 unspecified atom stereocenters. The van der Waals surface area contributed by atoms with Crippen molar-refractivity contribution in [1.29, 1.82) is 0 Å². The van der Waals surface area contributed by atoms with Crippen molar-refractivity contribution in [1.82, 2.24) is 20.1 Å². The Morgan fingerprint density at radius 1 is 1.55 bits per heavy atom. The number of thioether (sulfide) groups is 1. The first-order valence-electron chi connectivity index (χ1n) is 7.57. The van der Waals surface area contributed by atoms with Gasteiger partial charge in [0.05, 0.1) is 11.8 Å². The minimum absolute atomic E-state index is 0.0320. The molecule has 1 amide bonds. The van der Waals surface area contributed by atoms with Gasteiger partial charge in [-0.1, -0.05) is 17.8 Å². The highest BCUT2D eigenvalue weighted by molar-refractivity contribution is 7.99. The number of carbonyl (C=O) groups excluding carboxylic acids is 1. The highest BCUT2D eigenvalue weighted by Gasteiger charge is 2.30. The fourth-order valence-corrected chi connectivity index (χ4v) is 3.92. The van der Waals surface area contributed by atoms with Crippen LogP contribution in [0.15, 0.2) is 22.7 Å². The van der Waals surface area contributed by atoms with Crippen molar-refractivity contribution in [2.24, 2.45) is 0 Å². The summed E-state index contributed by atoms with van der Waals surface area (Å²) in [6.07, 6.45) is 2.42. The van der Waals surface area contributed by atoms with Crippen LogP contribution in [0.1, 0.15) is 49.4 Å². The van der Waals surface area contributed by atoms with Gasteiger partial charge in [-0.25, -0.2) is 0 Å². The van der Waals surface area contributed by atoms with E-state index >= 15 is 0 Å². The molecular weight excluding hydrogens is 316 g/mol. The largest absolute Gasteiger partial charge is 0.348 e. The molecule has 3 rings (SSSR count). The van der Waals surface area contributed by atoms with Crippen molar-refractivity contribution < 1.29 is 4.79 Å². The van der Waals surface area contributed by atoms with Gasteiger partial charge in [0.25, 0.3) is 0 Å². The van der Waals surface area contributed by atoms with E-state index in [2.05, 4.69) is 27.0 Å². The monoisotopic (exact) mass is 336 g/mol. The van der Waals surface area contributed by atoms with Crippen LogP contribution in [-0.2, 0) is 11.3 Å². The molecule has 118 valence electrons. The number of rotatable bonds is 7. The second-order valence-electron chi connectivity index (χ2n) is 5.45. The summed E-state index contributed by atoms with van der Waals surface area (Å²) in [7, 11) is 0. The summed E-state index contributed by atoms with van der Waals surface area (Å²) < 4.78 is 2.14. The molecule has 1 atom stereocenters. The number of carbonyl (C=O) groups is 1. The average Bonchev–Trinajstić information content (AvgIpc) is 3.05. The Bertz CT molecular complexity index is 634. The van der Waals surface area contributed by atoms with Gasteiger partial charge < -0.3 is 9.88 Å². The van der Waals surface area contributed by atoms with E-state index in [1.165, 1.54) is 29.5 Å². The summed E-state index contributed by atoms with van der Waals surface area (Å²) in [6.45, 7) is 4.96. The Hall–Kier alpha value is -1.34. The summed E-state index contributed by atoms with van der Waals surface area (Å²) >= 11 is 3.12. The van der Waals surface area contributed by atoms with Crippen LogP contribution >= 0.6 is 23.1 Å². The Labute approximate surface area is 138 Å². The van der Waals surface area contributed by atoms with E-state index in [1.54, 1.807) is 11.3 Å². The number of nitrogens with zero attached hydrogens (tertiary/aromatic N) is 3. The predicted molar refractivity (Wildman–Crippen MR) is 89.3 cm³/mol. The normalized spacial score (nSPS) is 15.7. The van der Waals surface area contributed by atoms with Gasteiger partial charge >= 0.3 is 0 Å². The van der Waals surface area contributed by atoms with E-state index in [-0.39, 0.29) is 11.9 Å². The molecule has 2 aromatic rings. The molecule has 1 aliphatic rings. The molecule has 22 heavy (non-hydrogen) atoms. The highest BCUT2D eigenvalue weighted by Crippen LogP contribution is 2.39. The average molecular weight is 336 g/mol. The molecule has 1 fully saturated rings. The number of aromatic nitrogens is 3. The van der Waals surface area contributed by atoms with Crippen molar-refractivity contribution in [2.45, 2.75) is 50.4 Å². The minimum Gasteiger partial charge on any atom is -0.348 e. The quantitative estimate of drug-likeness (QED) is 0.789. The van der Waals surface area contributed by atoms with Crippen LogP contribution in [0.5, 0.6) is 0 Å². The zero-order valence-electron chi connectivity index (χ0n) is 12.8. The first-order valence-corrected chi connectivity index (χ1v) is 9.44. The molecule has 0 spiro atoms. The van der Waals surface area contributed by atoms with Crippen molar-refractivity contribution in [3.05, 3.63) is 28.2 Å². The van der Waals surface area contributed by atoms with E-state index in [0.29, 0.717) is 11.7 Å². The maximum Gasteiger partial charge on any atom is 0.230 e. The molecular formula is C15H20N4OS2. The second kappa shape index (κ2) is 6.83. The zero-order valence-corrected chi connectivity index (χ0v) is 14.4. The van der Waals surface area contributed by atoms with Crippen LogP contribution in [0.3, 0.4) is 0 Å². The summed E-state index contributed by atoms with van der Waals surface area (Å²) in [5.41, 5.74) is 0. The second-order valence-corrected chi connectivity index (χ2v) is 7.37. The molecule has 0 aromatic carbocycles. The topological polar surface area (TPSA) is 59.8 Å². The molecule has 1 aliphatic carbocycles. The molecule has 0 saturated heterocycles. The number of nitrogens with one attached hydrogen (secondary N) is 1. The molecule has 2 heterocycles. The lowest BCUT2D eigenvalue weighted by atomic mass is 10.3. The molecule has 1 saturated carbocycles. The van der Waals surface area contributed by atoms with Gasteiger partial charge in [-0.05, 0) is 38.1 Å². The number of hydrogen-bond acceptors (Lipinski definition) is 5. The molecule has 5 nitrogen and oxygen atoms in total. The van der Waals surface area contributed by atoms with Crippen molar-refractivity contribution >= 4 is 29.0 Å². The predicted octanol–water partition coefficient (Wildman–Crippen LogP) is 3.21. The molecule has 0 radical (unpaired) electrons. The third-order valence-electron chi connectivity index (χ3n) is 3.68. The van der Waals surface area contributed by atoms with E-state index in [4.69, 9.17) is 0 Å². The highest BCUT2D eigenvalue weighted by atomic mass is 32.2. The first kappa shape index (κ1) is 15.6. The van der Waals surface area contributed by atoms with Crippen molar-refractivity contribution in [2.75, 3.05) is 5.75 Å². The van der Waals surface area contributed by atoms with Gasteiger partial charge in [-0.2, -0.15) is 0 Å². The van der Waals surface area contributed by atoms with Crippen LogP contribution < -0.4 is 5.32 Å². The smallest absolute Gasteiger partial charge is 0.230 e.